The van der Waals surface area contributed by atoms with Gasteiger partial charge >= 0.3 is 0 Å². The lowest BCUT2D eigenvalue weighted by atomic mass is 9.85. The number of rotatable bonds is 3. The number of fused-ring (bicyclic) bond motifs is 5. The lowest BCUT2D eigenvalue weighted by Crippen LogP contribution is -2.28. The molecule has 1 saturated heterocycles. The molecule has 1 aromatic heterocycles. The van der Waals surface area contributed by atoms with Crippen LogP contribution in [0.2, 0.25) is 10.0 Å². The van der Waals surface area contributed by atoms with Crippen molar-refractivity contribution in [2.45, 2.75) is 20.3 Å². The number of benzene rings is 1. The normalized spacial score (nSPS) is 27.7. The van der Waals surface area contributed by atoms with E-state index in [1.165, 1.54) is 0 Å². The van der Waals surface area contributed by atoms with Crippen LogP contribution < -0.4 is 0 Å². The van der Waals surface area contributed by atoms with E-state index >= 15 is 0 Å². The number of allylic oxidation sites excluding steroid dienone is 2. The van der Waals surface area contributed by atoms with E-state index in [0.717, 1.165) is 34.1 Å². The zero-order valence-corrected chi connectivity index (χ0v) is 17.5. The molecular weight excluding hydrogens is 409 g/mol. The Kier molecular flexibility index (Phi) is 4.23. The Morgan fingerprint density at radius 3 is 2.31 bits per heavy atom. The molecule has 0 radical (unpaired) electrons. The highest BCUT2D eigenvalue weighted by molar-refractivity contribution is 6.35. The predicted molar refractivity (Wildman–Crippen MR) is 112 cm³/mol. The molecule has 0 N–H and O–H groups in total. The molecule has 2 fully saturated rings. The largest absolute Gasteiger partial charge is 0.316 e. The quantitative estimate of drug-likeness (QED) is 0.410. The number of nitrogens with zero attached hydrogens (tertiary/aromatic N) is 3. The van der Waals surface area contributed by atoms with Crippen molar-refractivity contribution in [1.82, 2.24) is 9.58 Å². The van der Waals surface area contributed by atoms with Crippen molar-refractivity contribution in [1.29, 1.82) is 0 Å². The van der Waals surface area contributed by atoms with E-state index in [4.69, 9.17) is 23.2 Å². The second-order valence-electron chi connectivity index (χ2n) is 7.99. The number of halogens is 2. The highest BCUT2D eigenvalue weighted by atomic mass is 35.5. The molecule has 2 amide bonds. The summed E-state index contributed by atoms with van der Waals surface area (Å²) in [7, 11) is 0. The fourth-order valence-electron chi connectivity index (χ4n) is 5.07. The first-order valence-corrected chi connectivity index (χ1v) is 10.4. The topological polar surface area (TPSA) is 54.7 Å². The van der Waals surface area contributed by atoms with Gasteiger partial charge in [-0.1, -0.05) is 35.4 Å². The summed E-state index contributed by atoms with van der Waals surface area (Å²) in [5.41, 5.74) is 3.52. The maximum Gasteiger partial charge on any atom is 0.254 e. The summed E-state index contributed by atoms with van der Waals surface area (Å²) in [6, 6.07) is 7.32. The summed E-state index contributed by atoms with van der Waals surface area (Å²) >= 11 is 12.4. The molecule has 4 atom stereocenters. The molecule has 2 aliphatic carbocycles. The van der Waals surface area contributed by atoms with Crippen LogP contribution in [0.25, 0.3) is 5.69 Å². The van der Waals surface area contributed by atoms with Gasteiger partial charge in [-0.25, -0.2) is 0 Å². The van der Waals surface area contributed by atoms with E-state index in [1.807, 2.05) is 30.5 Å². The summed E-state index contributed by atoms with van der Waals surface area (Å²) in [5, 5.41) is 6.48. The van der Waals surface area contributed by atoms with Crippen molar-refractivity contribution in [3.05, 3.63) is 63.4 Å². The first-order chi connectivity index (χ1) is 13.9. The van der Waals surface area contributed by atoms with Crippen LogP contribution in [0.5, 0.6) is 0 Å². The number of carbonyl (C=O) groups excluding carboxylic acids is 2. The molecule has 29 heavy (non-hydrogen) atoms. The number of aryl methyl sites for hydroxylation is 1. The monoisotopic (exact) mass is 427 g/mol. The van der Waals surface area contributed by atoms with E-state index < -0.39 is 0 Å². The Bertz CT molecular complexity index is 1090. The number of hydrogen-bond acceptors (Lipinski definition) is 3. The molecule has 0 spiro atoms. The first kappa shape index (κ1) is 18.6. The lowest BCUT2D eigenvalue weighted by molar-refractivity contribution is -0.140. The smallest absolute Gasteiger partial charge is 0.254 e. The number of carbonyl (C=O) groups is 2. The highest BCUT2D eigenvalue weighted by Gasteiger charge is 2.59. The minimum absolute atomic E-state index is 0.178. The molecule has 1 saturated carbocycles. The van der Waals surface area contributed by atoms with Gasteiger partial charge < -0.3 is 4.57 Å². The van der Waals surface area contributed by atoms with E-state index in [-0.39, 0.29) is 35.5 Å². The molecule has 3 aliphatic rings. The second kappa shape index (κ2) is 6.57. The molecule has 148 valence electrons. The molecule has 0 unspecified atom stereocenters. The molecule has 2 aromatic rings. The van der Waals surface area contributed by atoms with Crippen LogP contribution >= 0.6 is 23.2 Å². The third-order valence-electron chi connectivity index (χ3n) is 6.38. The van der Waals surface area contributed by atoms with Crippen LogP contribution in [0.15, 0.2) is 41.5 Å². The van der Waals surface area contributed by atoms with Crippen molar-refractivity contribution >= 4 is 41.2 Å². The van der Waals surface area contributed by atoms with Gasteiger partial charge in [0.1, 0.15) is 0 Å². The van der Waals surface area contributed by atoms with Gasteiger partial charge in [0.05, 0.1) is 28.8 Å². The molecule has 7 heteroatoms. The average Bonchev–Trinajstić information content (AvgIpc) is 3.40. The van der Waals surface area contributed by atoms with Gasteiger partial charge in [-0.2, -0.15) is 10.1 Å². The summed E-state index contributed by atoms with van der Waals surface area (Å²) < 4.78 is 2.01. The van der Waals surface area contributed by atoms with Gasteiger partial charge in [0, 0.05) is 22.0 Å². The van der Waals surface area contributed by atoms with Crippen LogP contribution in [0, 0.1) is 37.5 Å². The van der Waals surface area contributed by atoms with Crippen molar-refractivity contribution in [2.24, 2.45) is 28.8 Å². The average molecular weight is 428 g/mol. The Morgan fingerprint density at radius 1 is 1.03 bits per heavy atom. The highest BCUT2D eigenvalue weighted by Crippen LogP contribution is 2.52. The number of imide groups is 1. The van der Waals surface area contributed by atoms with E-state index in [1.54, 1.807) is 18.3 Å². The standard InChI is InChI=1S/C22H19Cl2N3O2/c1-11-7-15(12(2)26(11)18-6-5-16(23)9-17(18)24)10-25-27-21(28)19-13-3-4-14(8-13)20(19)22(27)29/h3-7,9-10,13-14,19-20H,8H2,1-2H3/t13-,14-,19-,20+/m0/s1. The molecule has 1 aliphatic heterocycles. The van der Waals surface area contributed by atoms with Gasteiger partial charge in [-0.05, 0) is 56.4 Å². The fourth-order valence-corrected chi connectivity index (χ4v) is 5.56. The fraction of sp³-hybridized carbons (Fsp3) is 0.318. The predicted octanol–water partition coefficient (Wildman–Crippen LogP) is 4.54. The maximum atomic E-state index is 12.8. The van der Waals surface area contributed by atoms with E-state index in [0.29, 0.717) is 10.0 Å². The Labute approximate surface area is 178 Å². The summed E-state index contributed by atoms with van der Waals surface area (Å²) in [5.74, 6) is -0.479. The van der Waals surface area contributed by atoms with Gasteiger partial charge in [0.15, 0.2) is 0 Å². The molecule has 5 rings (SSSR count). The number of aromatic nitrogens is 1. The van der Waals surface area contributed by atoms with Crippen molar-refractivity contribution < 1.29 is 9.59 Å². The van der Waals surface area contributed by atoms with Crippen LogP contribution in [-0.2, 0) is 9.59 Å². The van der Waals surface area contributed by atoms with E-state index in [2.05, 4.69) is 17.3 Å². The summed E-state index contributed by atoms with van der Waals surface area (Å²) in [4.78, 5) is 25.6. The van der Waals surface area contributed by atoms with E-state index in [9.17, 15) is 9.59 Å². The number of hydrogen-bond donors (Lipinski definition) is 0. The third kappa shape index (κ3) is 2.71. The van der Waals surface area contributed by atoms with Crippen LogP contribution in [-0.4, -0.2) is 27.6 Å². The minimum Gasteiger partial charge on any atom is -0.316 e. The molecule has 2 bridgehead atoms. The SMILES string of the molecule is Cc1cc(C=NN2C(=O)[C@@H]3[C@H](C2=O)[C@H]2C=C[C@H]3C2)c(C)n1-c1ccc(Cl)cc1Cl. The summed E-state index contributed by atoms with van der Waals surface area (Å²) in [6.45, 7) is 3.92. The molecular formula is C22H19Cl2N3O2. The van der Waals surface area contributed by atoms with Crippen LogP contribution in [0.3, 0.4) is 0 Å². The Balaban J connectivity index is 1.45. The zero-order valence-electron chi connectivity index (χ0n) is 16.0. The van der Waals surface area contributed by atoms with Crippen molar-refractivity contribution in [3.8, 4) is 5.69 Å². The van der Waals surface area contributed by atoms with Gasteiger partial charge in [0.2, 0.25) is 0 Å². The van der Waals surface area contributed by atoms with Crippen molar-refractivity contribution in [2.75, 3.05) is 0 Å². The van der Waals surface area contributed by atoms with Crippen LogP contribution in [0.4, 0.5) is 0 Å². The molecule has 2 heterocycles. The maximum absolute atomic E-state index is 12.8. The minimum atomic E-state index is -0.241. The lowest BCUT2D eigenvalue weighted by Gasteiger charge is -2.13. The third-order valence-corrected chi connectivity index (χ3v) is 6.92. The summed E-state index contributed by atoms with van der Waals surface area (Å²) in [6.07, 6.45) is 6.66. The zero-order chi connectivity index (χ0) is 20.4. The Hall–Kier alpha value is -2.37. The second-order valence-corrected chi connectivity index (χ2v) is 8.83. The molecule has 1 aromatic carbocycles. The number of amides is 2. The van der Waals surface area contributed by atoms with Gasteiger partial charge in [0.25, 0.3) is 11.8 Å². The van der Waals surface area contributed by atoms with Crippen LogP contribution in [0.1, 0.15) is 23.4 Å². The van der Waals surface area contributed by atoms with Crippen molar-refractivity contribution in [3.63, 3.8) is 0 Å². The number of hydrazone groups is 1. The molecule has 5 nitrogen and oxygen atoms in total. The van der Waals surface area contributed by atoms with Gasteiger partial charge in [-0.3, -0.25) is 9.59 Å². The first-order valence-electron chi connectivity index (χ1n) is 9.61. The Morgan fingerprint density at radius 2 is 1.69 bits per heavy atom. The van der Waals surface area contributed by atoms with Gasteiger partial charge in [-0.15, -0.1) is 0 Å².